The van der Waals surface area contributed by atoms with Crippen LogP contribution in [0.1, 0.15) is 6.92 Å². The molecule has 0 saturated heterocycles. The highest BCUT2D eigenvalue weighted by atomic mass is 32.2. The number of carbonyl (C=O) groups is 3. The Bertz CT molecular complexity index is 1130. The summed E-state index contributed by atoms with van der Waals surface area (Å²) in [6.45, 7) is 1.41. The number of amides is 4. The Labute approximate surface area is 204 Å². The summed E-state index contributed by atoms with van der Waals surface area (Å²) >= 11 is 1.57. The first-order valence-corrected chi connectivity index (χ1v) is 12.0. The zero-order chi connectivity index (χ0) is 24.5. The van der Waals surface area contributed by atoms with E-state index in [1.54, 1.807) is 56.1 Å². The molecular weight excluding hydrogens is 448 g/mol. The number of hydrogen-bond acceptors (Lipinski definition) is 4. The normalized spacial score (nSPS) is 11.3. The van der Waals surface area contributed by atoms with Crippen LogP contribution in [0.15, 0.2) is 89.8 Å². The average molecular weight is 477 g/mol. The molecule has 0 heterocycles. The van der Waals surface area contributed by atoms with Gasteiger partial charge in [-0.25, -0.2) is 4.79 Å². The summed E-state index contributed by atoms with van der Waals surface area (Å²) in [5, 5.41) is 5.33. The molecule has 1 atom stereocenters. The van der Waals surface area contributed by atoms with Gasteiger partial charge in [0.1, 0.15) is 6.04 Å². The predicted molar refractivity (Wildman–Crippen MR) is 138 cm³/mol. The van der Waals surface area contributed by atoms with Crippen LogP contribution in [-0.4, -0.2) is 43.7 Å². The number of para-hydroxylation sites is 2. The van der Waals surface area contributed by atoms with Gasteiger partial charge in [-0.2, -0.15) is 0 Å². The van der Waals surface area contributed by atoms with Crippen molar-refractivity contribution in [1.82, 2.24) is 5.32 Å². The lowest BCUT2D eigenvalue weighted by atomic mass is 10.1. The van der Waals surface area contributed by atoms with Crippen molar-refractivity contribution in [3.05, 3.63) is 84.9 Å². The molecule has 0 saturated carbocycles. The number of benzene rings is 3. The molecule has 3 rings (SSSR count). The summed E-state index contributed by atoms with van der Waals surface area (Å²) < 4.78 is 0. The van der Waals surface area contributed by atoms with Gasteiger partial charge in [-0.3, -0.25) is 14.5 Å². The number of thioether (sulfide) groups is 1. The zero-order valence-corrected chi connectivity index (χ0v) is 20.2. The maximum absolute atomic E-state index is 13.2. The minimum absolute atomic E-state index is 0.248. The predicted octanol–water partition coefficient (Wildman–Crippen LogP) is 4.61. The summed E-state index contributed by atoms with van der Waals surface area (Å²) in [4.78, 5) is 42.8. The van der Waals surface area contributed by atoms with Crippen molar-refractivity contribution in [3.8, 4) is 0 Å². The number of likely N-dealkylation sites (N-methyl/N-ethyl adjacent to an activating group) is 1. The number of hydrogen-bond donors (Lipinski definition) is 2. The second-order valence-corrected chi connectivity index (χ2v) is 8.43. The fraction of sp³-hybridized carbons (Fsp3) is 0.192. The Kier molecular flexibility index (Phi) is 8.70. The number of urea groups is 1. The lowest BCUT2D eigenvalue weighted by Crippen LogP contribution is -2.52. The van der Waals surface area contributed by atoms with Crippen molar-refractivity contribution >= 4 is 46.7 Å². The van der Waals surface area contributed by atoms with Gasteiger partial charge in [-0.05, 0) is 55.6 Å². The van der Waals surface area contributed by atoms with Crippen LogP contribution in [0.5, 0.6) is 0 Å². The SMILES string of the molecule is CSc1cccc(NC(=O)NCC(=O)N(c2ccccc2)C(C)C(=O)N(C)c2ccccc2)c1. The number of carbonyl (C=O) groups excluding carboxylic acids is 3. The molecule has 0 aromatic heterocycles. The first kappa shape index (κ1) is 24.9. The Hall–Kier alpha value is -3.78. The fourth-order valence-electron chi connectivity index (χ4n) is 3.46. The molecule has 0 aliphatic rings. The first-order valence-electron chi connectivity index (χ1n) is 10.8. The Morgan fingerprint density at radius 2 is 1.50 bits per heavy atom. The largest absolute Gasteiger partial charge is 0.329 e. The van der Waals surface area contributed by atoms with E-state index < -0.39 is 18.0 Å². The summed E-state index contributed by atoms with van der Waals surface area (Å²) in [6, 6.07) is 24.3. The Morgan fingerprint density at radius 1 is 0.882 bits per heavy atom. The molecule has 0 radical (unpaired) electrons. The number of nitrogens with zero attached hydrogens (tertiary/aromatic N) is 2. The monoisotopic (exact) mass is 476 g/mol. The maximum Gasteiger partial charge on any atom is 0.319 e. The molecule has 3 aromatic rings. The quantitative estimate of drug-likeness (QED) is 0.465. The van der Waals surface area contributed by atoms with Crippen LogP contribution in [0.4, 0.5) is 21.9 Å². The molecule has 0 fully saturated rings. The molecule has 7 nitrogen and oxygen atoms in total. The Morgan fingerprint density at radius 3 is 2.12 bits per heavy atom. The third kappa shape index (κ3) is 6.39. The van der Waals surface area contributed by atoms with Crippen LogP contribution >= 0.6 is 11.8 Å². The highest BCUT2D eigenvalue weighted by Gasteiger charge is 2.30. The van der Waals surface area contributed by atoms with E-state index in [0.29, 0.717) is 11.4 Å². The van der Waals surface area contributed by atoms with Gasteiger partial charge in [0.2, 0.25) is 11.8 Å². The number of anilines is 3. The van der Waals surface area contributed by atoms with Gasteiger partial charge in [0.15, 0.2) is 0 Å². The highest BCUT2D eigenvalue weighted by Crippen LogP contribution is 2.21. The molecule has 4 amide bonds. The Balaban J connectivity index is 1.72. The van der Waals surface area contributed by atoms with Gasteiger partial charge in [0, 0.05) is 29.0 Å². The van der Waals surface area contributed by atoms with E-state index >= 15 is 0 Å². The molecule has 2 N–H and O–H groups in total. The number of nitrogens with one attached hydrogen (secondary N) is 2. The molecule has 0 spiro atoms. The number of rotatable bonds is 8. The molecule has 0 aliphatic heterocycles. The molecule has 34 heavy (non-hydrogen) atoms. The molecule has 176 valence electrons. The second-order valence-electron chi connectivity index (χ2n) is 7.55. The van der Waals surface area contributed by atoms with E-state index in [1.165, 1.54) is 9.80 Å². The van der Waals surface area contributed by atoms with Crippen molar-refractivity contribution in [2.24, 2.45) is 0 Å². The van der Waals surface area contributed by atoms with Crippen LogP contribution in [0, 0.1) is 0 Å². The average Bonchev–Trinajstić information content (AvgIpc) is 2.88. The minimum atomic E-state index is -0.789. The van der Waals surface area contributed by atoms with Gasteiger partial charge < -0.3 is 15.5 Å². The van der Waals surface area contributed by atoms with Crippen molar-refractivity contribution in [1.29, 1.82) is 0 Å². The lowest BCUT2D eigenvalue weighted by molar-refractivity contribution is -0.123. The van der Waals surface area contributed by atoms with Crippen LogP contribution in [-0.2, 0) is 9.59 Å². The molecule has 0 aliphatic carbocycles. The topological polar surface area (TPSA) is 81.8 Å². The van der Waals surface area contributed by atoms with Crippen LogP contribution < -0.4 is 20.4 Å². The van der Waals surface area contributed by atoms with Crippen LogP contribution in [0.2, 0.25) is 0 Å². The maximum atomic E-state index is 13.2. The molecule has 1 unspecified atom stereocenters. The standard InChI is InChI=1S/C26H28N4O3S/c1-19(25(32)29(2)21-12-6-4-7-13-21)30(22-14-8-5-9-15-22)24(31)18-27-26(33)28-20-11-10-16-23(17-20)34-3/h4-17,19H,18H2,1-3H3,(H2,27,28,33). The van der Waals surface area contributed by atoms with Crippen molar-refractivity contribution in [2.75, 3.05) is 35.0 Å². The summed E-state index contributed by atoms with van der Waals surface area (Å²) in [5.41, 5.74) is 1.93. The van der Waals surface area contributed by atoms with Gasteiger partial charge in [0.05, 0.1) is 6.54 Å². The third-order valence-corrected chi connectivity index (χ3v) is 5.97. The van der Waals surface area contributed by atoms with E-state index in [0.717, 1.165) is 10.6 Å². The van der Waals surface area contributed by atoms with Crippen molar-refractivity contribution in [3.63, 3.8) is 0 Å². The first-order chi connectivity index (χ1) is 16.4. The van der Waals surface area contributed by atoms with Gasteiger partial charge in [-0.1, -0.05) is 42.5 Å². The minimum Gasteiger partial charge on any atom is -0.329 e. The van der Waals surface area contributed by atoms with E-state index in [9.17, 15) is 14.4 Å². The highest BCUT2D eigenvalue weighted by molar-refractivity contribution is 7.98. The van der Waals surface area contributed by atoms with Crippen molar-refractivity contribution < 1.29 is 14.4 Å². The van der Waals surface area contributed by atoms with Gasteiger partial charge in [-0.15, -0.1) is 11.8 Å². The molecule has 0 bridgehead atoms. The van der Waals surface area contributed by atoms with Crippen LogP contribution in [0.3, 0.4) is 0 Å². The van der Waals surface area contributed by atoms with Gasteiger partial charge >= 0.3 is 6.03 Å². The molecule has 3 aromatic carbocycles. The van der Waals surface area contributed by atoms with Crippen LogP contribution in [0.25, 0.3) is 0 Å². The summed E-state index contributed by atoms with van der Waals surface area (Å²) in [7, 11) is 1.68. The van der Waals surface area contributed by atoms with Gasteiger partial charge in [0.25, 0.3) is 0 Å². The third-order valence-electron chi connectivity index (χ3n) is 5.25. The zero-order valence-electron chi connectivity index (χ0n) is 19.4. The van der Waals surface area contributed by atoms with E-state index in [-0.39, 0.29) is 12.5 Å². The lowest BCUT2D eigenvalue weighted by Gasteiger charge is -2.31. The van der Waals surface area contributed by atoms with E-state index in [1.807, 2.05) is 60.9 Å². The van der Waals surface area contributed by atoms with E-state index in [2.05, 4.69) is 10.6 Å². The van der Waals surface area contributed by atoms with Crippen molar-refractivity contribution in [2.45, 2.75) is 17.9 Å². The fourth-order valence-corrected chi connectivity index (χ4v) is 3.92. The summed E-state index contributed by atoms with van der Waals surface area (Å²) in [5.74, 6) is -0.650. The molecule has 8 heteroatoms. The molecular formula is C26H28N4O3S. The smallest absolute Gasteiger partial charge is 0.319 e. The second kappa shape index (κ2) is 11.9. The van der Waals surface area contributed by atoms with E-state index in [4.69, 9.17) is 0 Å². The summed E-state index contributed by atoms with van der Waals surface area (Å²) in [6.07, 6.45) is 1.95.